The molecule has 4 nitrogen and oxygen atoms in total. The number of piperazine rings is 1. The van der Waals surface area contributed by atoms with Crippen LogP contribution in [0.15, 0.2) is 78.9 Å². The molecule has 1 atom stereocenters. The standard InChI is InChI=1S/C25H24N2O2/c28-25(27-16-14-26(15-17-27)19-8-2-1-3-9-19)18-24-22-12-5-4-10-20(22)21-11-6-7-13-23(21)29-24/h1-13,24H,14-18H2. The van der Waals surface area contributed by atoms with E-state index in [1.165, 1.54) is 11.3 Å². The zero-order chi connectivity index (χ0) is 19.6. The van der Waals surface area contributed by atoms with Crippen molar-refractivity contribution in [2.45, 2.75) is 12.5 Å². The molecule has 1 saturated heterocycles. The highest BCUT2D eigenvalue weighted by Gasteiger charge is 2.30. The van der Waals surface area contributed by atoms with Gasteiger partial charge in [-0.1, -0.05) is 60.7 Å². The van der Waals surface area contributed by atoms with E-state index in [4.69, 9.17) is 4.74 Å². The van der Waals surface area contributed by atoms with Crippen LogP contribution < -0.4 is 9.64 Å². The Labute approximate surface area is 171 Å². The van der Waals surface area contributed by atoms with E-state index in [0.717, 1.165) is 43.1 Å². The summed E-state index contributed by atoms with van der Waals surface area (Å²) in [5.41, 5.74) is 4.59. The van der Waals surface area contributed by atoms with E-state index in [1.54, 1.807) is 0 Å². The molecule has 2 aliphatic heterocycles. The van der Waals surface area contributed by atoms with Gasteiger partial charge in [0.15, 0.2) is 0 Å². The molecule has 0 N–H and O–H groups in total. The Morgan fingerprint density at radius 3 is 2.24 bits per heavy atom. The average Bonchev–Trinajstić information content (AvgIpc) is 2.80. The fourth-order valence-electron chi connectivity index (χ4n) is 4.32. The summed E-state index contributed by atoms with van der Waals surface area (Å²) >= 11 is 0. The van der Waals surface area contributed by atoms with E-state index >= 15 is 0 Å². The van der Waals surface area contributed by atoms with Crippen LogP contribution >= 0.6 is 0 Å². The molecule has 3 aromatic carbocycles. The largest absolute Gasteiger partial charge is 0.485 e. The normalized spacial score (nSPS) is 17.9. The molecule has 0 radical (unpaired) electrons. The molecule has 146 valence electrons. The molecule has 2 aliphatic rings. The highest BCUT2D eigenvalue weighted by Crippen LogP contribution is 2.43. The molecule has 1 amide bonds. The van der Waals surface area contributed by atoms with Gasteiger partial charge in [0.1, 0.15) is 11.9 Å². The number of hydrogen-bond acceptors (Lipinski definition) is 3. The third-order valence-corrected chi connectivity index (χ3v) is 5.87. The summed E-state index contributed by atoms with van der Waals surface area (Å²) in [5.74, 6) is 1.02. The quantitative estimate of drug-likeness (QED) is 0.665. The predicted octanol–water partition coefficient (Wildman–Crippen LogP) is 4.53. The maximum absolute atomic E-state index is 13.1. The lowest BCUT2D eigenvalue weighted by Crippen LogP contribution is -2.49. The van der Waals surface area contributed by atoms with E-state index in [0.29, 0.717) is 6.42 Å². The van der Waals surface area contributed by atoms with Gasteiger partial charge < -0.3 is 14.5 Å². The van der Waals surface area contributed by atoms with Crippen LogP contribution in [0.25, 0.3) is 11.1 Å². The molecule has 4 heteroatoms. The van der Waals surface area contributed by atoms with Crippen LogP contribution in [0.4, 0.5) is 5.69 Å². The lowest BCUT2D eigenvalue weighted by molar-refractivity contribution is -0.133. The van der Waals surface area contributed by atoms with Crippen molar-refractivity contribution in [2.75, 3.05) is 31.1 Å². The summed E-state index contributed by atoms with van der Waals surface area (Å²) in [5, 5.41) is 0. The Morgan fingerprint density at radius 2 is 1.45 bits per heavy atom. The van der Waals surface area contributed by atoms with Crippen LogP contribution in [0.5, 0.6) is 5.75 Å². The minimum Gasteiger partial charge on any atom is -0.485 e. The Kier molecular flexibility index (Phi) is 4.68. The van der Waals surface area contributed by atoms with Crippen LogP contribution in [-0.2, 0) is 4.79 Å². The van der Waals surface area contributed by atoms with Crippen molar-refractivity contribution in [1.82, 2.24) is 4.90 Å². The fraction of sp³-hybridized carbons (Fsp3) is 0.240. The summed E-state index contributed by atoms with van der Waals surface area (Å²) in [4.78, 5) is 17.4. The first-order valence-corrected chi connectivity index (χ1v) is 10.2. The maximum atomic E-state index is 13.1. The molecule has 1 unspecified atom stereocenters. The summed E-state index contributed by atoms with van der Waals surface area (Å²) < 4.78 is 6.25. The van der Waals surface area contributed by atoms with Crippen molar-refractivity contribution in [3.05, 3.63) is 84.4 Å². The second-order valence-electron chi connectivity index (χ2n) is 7.60. The molecule has 2 heterocycles. The zero-order valence-electron chi connectivity index (χ0n) is 16.3. The van der Waals surface area contributed by atoms with Gasteiger partial charge in [0.05, 0.1) is 6.42 Å². The van der Waals surface area contributed by atoms with Gasteiger partial charge in [0, 0.05) is 43.0 Å². The SMILES string of the molecule is O=C(CC1Oc2ccccc2-c2ccccc21)N1CCN(c2ccccc2)CC1. The highest BCUT2D eigenvalue weighted by molar-refractivity contribution is 5.80. The van der Waals surface area contributed by atoms with Gasteiger partial charge in [0.25, 0.3) is 0 Å². The van der Waals surface area contributed by atoms with Gasteiger partial charge in [-0.05, 0) is 23.8 Å². The van der Waals surface area contributed by atoms with E-state index in [-0.39, 0.29) is 12.0 Å². The molecular formula is C25H24N2O2. The number of benzene rings is 3. The number of amides is 1. The zero-order valence-corrected chi connectivity index (χ0v) is 16.3. The first-order valence-electron chi connectivity index (χ1n) is 10.2. The Hall–Kier alpha value is -3.27. The van der Waals surface area contributed by atoms with Gasteiger partial charge in [0.2, 0.25) is 5.91 Å². The van der Waals surface area contributed by atoms with E-state index < -0.39 is 0 Å². The smallest absolute Gasteiger partial charge is 0.226 e. The molecule has 0 spiro atoms. The maximum Gasteiger partial charge on any atom is 0.226 e. The first kappa shape index (κ1) is 17.8. The lowest BCUT2D eigenvalue weighted by Gasteiger charge is -2.37. The van der Waals surface area contributed by atoms with Crippen molar-refractivity contribution < 1.29 is 9.53 Å². The third kappa shape index (κ3) is 3.46. The minimum atomic E-state index is -0.235. The number of fused-ring (bicyclic) bond motifs is 3. The number of nitrogens with zero attached hydrogens (tertiary/aromatic N) is 2. The molecule has 1 fully saturated rings. The van der Waals surface area contributed by atoms with Crippen LogP contribution in [0.1, 0.15) is 18.1 Å². The topological polar surface area (TPSA) is 32.8 Å². The van der Waals surface area contributed by atoms with E-state index in [2.05, 4.69) is 47.4 Å². The van der Waals surface area contributed by atoms with E-state index in [1.807, 2.05) is 41.3 Å². The van der Waals surface area contributed by atoms with Crippen molar-refractivity contribution >= 4 is 11.6 Å². The Balaban J connectivity index is 1.28. The summed E-state index contributed by atoms with van der Waals surface area (Å²) in [6.45, 7) is 3.22. The van der Waals surface area contributed by atoms with Crippen molar-refractivity contribution in [3.63, 3.8) is 0 Å². The molecule has 0 saturated carbocycles. The van der Waals surface area contributed by atoms with Gasteiger partial charge in [-0.3, -0.25) is 4.79 Å². The highest BCUT2D eigenvalue weighted by atomic mass is 16.5. The molecular weight excluding hydrogens is 360 g/mol. The van der Waals surface area contributed by atoms with Crippen LogP contribution in [0.3, 0.4) is 0 Å². The minimum absolute atomic E-state index is 0.164. The van der Waals surface area contributed by atoms with Crippen molar-refractivity contribution in [2.24, 2.45) is 0 Å². The summed E-state index contributed by atoms with van der Waals surface area (Å²) in [6.07, 6.45) is 0.136. The van der Waals surface area contributed by atoms with Gasteiger partial charge in [-0.2, -0.15) is 0 Å². The summed E-state index contributed by atoms with van der Waals surface area (Å²) in [6, 6.07) is 26.7. The third-order valence-electron chi connectivity index (χ3n) is 5.87. The molecule has 0 aromatic heterocycles. The Morgan fingerprint density at radius 1 is 0.793 bits per heavy atom. The lowest BCUT2D eigenvalue weighted by atomic mass is 9.91. The number of hydrogen-bond donors (Lipinski definition) is 0. The van der Waals surface area contributed by atoms with Crippen LogP contribution in [0, 0.1) is 0 Å². The molecule has 3 aromatic rings. The molecule has 0 bridgehead atoms. The first-order chi connectivity index (χ1) is 14.3. The van der Waals surface area contributed by atoms with Crippen LogP contribution in [-0.4, -0.2) is 37.0 Å². The van der Waals surface area contributed by atoms with E-state index in [9.17, 15) is 4.79 Å². The number of para-hydroxylation sites is 2. The number of rotatable bonds is 3. The number of ether oxygens (including phenoxy) is 1. The van der Waals surface area contributed by atoms with Gasteiger partial charge in [-0.15, -0.1) is 0 Å². The van der Waals surface area contributed by atoms with Gasteiger partial charge >= 0.3 is 0 Å². The molecule has 0 aliphatic carbocycles. The molecule has 29 heavy (non-hydrogen) atoms. The fourth-order valence-corrected chi connectivity index (χ4v) is 4.32. The summed E-state index contributed by atoms with van der Waals surface area (Å²) in [7, 11) is 0. The average molecular weight is 384 g/mol. The second kappa shape index (κ2) is 7.63. The molecule has 5 rings (SSSR count). The Bertz CT molecular complexity index is 1010. The predicted molar refractivity (Wildman–Crippen MR) is 115 cm³/mol. The van der Waals surface area contributed by atoms with Crippen molar-refractivity contribution in [1.29, 1.82) is 0 Å². The van der Waals surface area contributed by atoms with Gasteiger partial charge in [-0.25, -0.2) is 0 Å². The van der Waals surface area contributed by atoms with Crippen molar-refractivity contribution in [3.8, 4) is 16.9 Å². The number of carbonyl (C=O) groups is 1. The second-order valence-corrected chi connectivity index (χ2v) is 7.60. The number of carbonyl (C=O) groups excluding carboxylic acids is 1. The number of anilines is 1. The monoisotopic (exact) mass is 384 g/mol. The van der Waals surface area contributed by atoms with Crippen LogP contribution in [0.2, 0.25) is 0 Å².